The molecule has 1 atom stereocenters. The summed E-state index contributed by atoms with van der Waals surface area (Å²) in [5.74, 6) is 0. The van der Waals surface area contributed by atoms with E-state index in [1.54, 1.807) is 19.2 Å². The molecule has 0 saturated carbocycles. The number of sulfonamides is 1. The highest BCUT2D eigenvalue weighted by atomic mass is 32.2. The van der Waals surface area contributed by atoms with Crippen LogP contribution in [-0.4, -0.2) is 13.0 Å². The molecule has 0 radical (unpaired) electrons. The third-order valence-corrected chi connectivity index (χ3v) is 7.31. The van der Waals surface area contributed by atoms with Crippen LogP contribution < -0.4 is 9.60 Å². The molecule has 0 aliphatic heterocycles. The summed E-state index contributed by atoms with van der Waals surface area (Å²) < 4.78 is 31.4. The SMILES string of the molecule is Cc1ccc(C(NS(=O)(=O)c2ccc3c(c2)sc(=O)n3C)c2ccccc2)cc1. The van der Waals surface area contributed by atoms with E-state index in [0.29, 0.717) is 4.70 Å². The van der Waals surface area contributed by atoms with Gasteiger partial charge in [-0.3, -0.25) is 4.79 Å². The van der Waals surface area contributed by atoms with Gasteiger partial charge in [0.25, 0.3) is 0 Å². The van der Waals surface area contributed by atoms with Crippen LogP contribution in [0.3, 0.4) is 0 Å². The van der Waals surface area contributed by atoms with Gasteiger partial charge in [0.2, 0.25) is 10.0 Å². The highest BCUT2D eigenvalue weighted by Crippen LogP contribution is 2.27. The molecular weight excluding hydrogens is 404 g/mol. The lowest BCUT2D eigenvalue weighted by Crippen LogP contribution is -2.29. The maximum Gasteiger partial charge on any atom is 0.307 e. The lowest BCUT2D eigenvalue weighted by Gasteiger charge is -2.20. The van der Waals surface area contributed by atoms with Gasteiger partial charge in [0.1, 0.15) is 0 Å². The number of rotatable bonds is 5. The number of hydrogen-bond acceptors (Lipinski definition) is 4. The standard InChI is InChI=1S/C22H20N2O3S2/c1-15-8-10-17(11-9-15)21(16-6-4-3-5-7-16)23-29(26,27)18-12-13-19-20(14-18)28-22(25)24(19)2/h3-14,21,23H,1-2H3. The Balaban J connectivity index is 1.76. The van der Waals surface area contributed by atoms with Crippen LogP contribution in [0.1, 0.15) is 22.7 Å². The molecular formula is C22H20N2O3S2. The summed E-state index contributed by atoms with van der Waals surface area (Å²) >= 11 is 1.04. The Morgan fingerprint density at radius 1 is 0.931 bits per heavy atom. The van der Waals surface area contributed by atoms with Crippen molar-refractivity contribution in [1.29, 1.82) is 0 Å². The summed E-state index contributed by atoms with van der Waals surface area (Å²) in [4.78, 5) is 11.9. The number of benzene rings is 3. The fourth-order valence-electron chi connectivity index (χ4n) is 3.24. The molecule has 1 heterocycles. The molecule has 0 spiro atoms. The number of aromatic nitrogens is 1. The average molecular weight is 425 g/mol. The van der Waals surface area contributed by atoms with Crippen molar-refractivity contribution in [3.05, 3.63) is 99.2 Å². The number of fused-ring (bicyclic) bond motifs is 1. The molecule has 7 heteroatoms. The molecule has 0 fully saturated rings. The molecule has 3 aromatic carbocycles. The van der Waals surface area contributed by atoms with Crippen LogP contribution in [0.2, 0.25) is 0 Å². The van der Waals surface area contributed by atoms with Crippen LogP contribution in [0.15, 0.2) is 82.5 Å². The topological polar surface area (TPSA) is 68.2 Å². The molecule has 4 aromatic rings. The largest absolute Gasteiger partial charge is 0.307 e. The van der Waals surface area contributed by atoms with Crippen LogP contribution >= 0.6 is 11.3 Å². The third-order valence-electron chi connectivity index (χ3n) is 4.89. The van der Waals surface area contributed by atoms with Crippen molar-refractivity contribution < 1.29 is 8.42 Å². The van der Waals surface area contributed by atoms with Gasteiger partial charge in [-0.15, -0.1) is 0 Å². The second-order valence-electron chi connectivity index (χ2n) is 6.93. The van der Waals surface area contributed by atoms with E-state index in [1.807, 2.05) is 61.5 Å². The molecule has 0 bridgehead atoms. The van der Waals surface area contributed by atoms with Crippen molar-refractivity contribution in [2.75, 3.05) is 0 Å². The van der Waals surface area contributed by atoms with Gasteiger partial charge >= 0.3 is 4.87 Å². The fraction of sp³-hybridized carbons (Fsp3) is 0.136. The molecule has 0 aliphatic rings. The van der Waals surface area contributed by atoms with Gasteiger partial charge in [-0.05, 0) is 36.2 Å². The highest BCUT2D eigenvalue weighted by Gasteiger charge is 2.23. The van der Waals surface area contributed by atoms with E-state index in [1.165, 1.54) is 10.6 Å². The first kappa shape index (κ1) is 19.6. The fourth-order valence-corrected chi connectivity index (χ4v) is 5.47. The van der Waals surface area contributed by atoms with E-state index in [9.17, 15) is 13.2 Å². The van der Waals surface area contributed by atoms with Gasteiger partial charge in [-0.25, -0.2) is 8.42 Å². The van der Waals surface area contributed by atoms with Gasteiger partial charge in [-0.1, -0.05) is 71.5 Å². The van der Waals surface area contributed by atoms with Crippen LogP contribution in [-0.2, 0) is 17.1 Å². The molecule has 29 heavy (non-hydrogen) atoms. The second kappa shape index (κ2) is 7.59. The predicted molar refractivity (Wildman–Crippen MR) is 117 cm³/mol. The first-order valence-electron chi connectivity index (χ1n) is 9.08. The van der Waals surface area contributed by atoms with Gasteiger partial charge in [-0.2, -0.15) is 4.72 Å². The molecule has 4 rings (SSSR count). The molecule has 1 N–H and O–H groups in total. The molecule has 148 valence electrons. The van der Waals surface area contributed by atoms with E-state index in [2.05, 4.69) is 4.72 Å². The number of nitrogens with one attached hydrogen (secondary N) is 1. The molecule has 0 amide bonds. The monoisotopic (exact) mass is 424 g/mol. The Kier molecular flexibility index (Phi) is 5.12. The zero-order valence-electron chi connectivity index (χ0n) is 16.0. The van der Waals surface area contributed by atoms with Gasteiger partial charge < -0.3 is 4.57 Å². The van der Waals surface area contributed by atoms with Crippen molar-refractivity contribution in [2.24, 2.45) is 7.05 Å². The molecule has 1 unspecified atom stereocenters. The Morgan fingerprint density at radius 3 is 2.28 bits per heavy atom. The maximum absolute atomic E-state index is 13.2. The van der Waals surface area contributed by atoms with Crippen LogP contribution in [0.4, 0.5) is 0 Å². The first-order valence-corrected chi connectivity index (χ1v) is 11.4. The molecule has 0 saturated heterocycles. The molecule has 0 aliphatic carbocycles. The Bertz CT molecular complexity index is 1320. The van der Waals surface area contributed by atoms with E-state index in [4.69, 9.17) is 0 Å². The smallest absolute Gasteiger partial charge is 0.302 e. The maximum atomic E-state index is 13.2. The van der Waals surface area contributed by atoms with Crippen LogP contribution in [0.5, 0.6) is 0 Å². The molecule has 5 nitrogen and oxygen atoms in total. The normalized spacial score (nSPS) is 12.9. The Hall–Kier alpha value is -2.74. The van der Waals surface area contributed by atoms with Crippen LogP contribution in [0.25, 0.3) is 10.2 Å². The summed E-state index contributed by atoms with van der Waals surface area (Å²) in [5.41, 5.74) is 3.53. The number of thiazole rings is 1. The second-order valence-corrected chi connectivity index (χ2v) is 9.64. The van der Waals surface area contributed by atoms with E-state index >= 15 is 0 Å². The summed E-state index contributed by atoms with van der Waals surface area (Å²) in [6.07, 6.45) is 0. The quantitative estimate of drug-likeness (QED) is 0.527. The average Bonchev–Trinajstić information content (AvgIpc) is 3.01. The van der Waals surface area contributed by atoms with Gasteiger partial charge in [0.15, 0.2) is 0 Å². The predicted octanol–water partition coefficient (Wildman–Crippen LogP) is 3.98. The van der Waals surface area contributed by atoms with Crippen molar-refractivity contribution >= 4 is 31.6 Å². The van der Waals surface area contributed by atoms with Crippen molar-refractivity contribution in [1.82, 2.24) is 9.29 Å². The lowest BCUT2D eigenvalue weighted by molar-refractivity contribution is 0.572. The number of aryl methyl sites for hydroxylation is 2. The van der Waals surface area contributed by atoms with Crippen LogP contribution in [0, 0.1) is 6.92 Å². The summed E-state index contributed by atoms with van der Waals surface area (Å²) in [7, 11) is -2.14. The van der Waals surface area contributed by atoms with E-state index < -0.39 is 16.1 Å². The van der Waals surface area contributed by atoms with Crippen molar-refractivity contribution in [3.8, 4) is 0 Å². The molecule has 1 aromatic heterocycles. The van der Waals surface area contributed by atoms with Crippen molar-refractivity contribution in [2.45, 2.75) is 17.9 Å². The highest BCUT2D eigenvalue weighted by molar-refractivity contribution is 7.89. The van der Waals surface area contributed by atoms with E-state index in [0.717, 1.165) is 33.5 Å². The number of nitrogens with zero attached hydrogens (tertiary/aromatic N) is 1. The minimum Gasteiger partial charge on any atom is -0.302 e. The minimum atomic E-state index is -3.82. The summed E-state index contributed by atoms with van der Waals surface area (Å²) in [6.45, 7) is 1.99. The minimum absolute atomic E-state index is 0.121. The summed E-state index contributed by atoms with van der Waals surface area (Å²) in [5, 5.41) is 0. The zero-order valence-corrected chi connectivity index (χ0v) is 17.6. The van der Waals surface area contributed by atoms with E-state index in [-0.39, 0.29) is 9.77 Å². The number of hydrogen-bond donors (Lipinski definition) is 1. The lowest BCUT2D eigenvalue weighted by atomic mass is 9.99. The third kappa shape index (κ3) is 3.89. The Labute approximate surface area is 173 Å². The Morgan fingerprint density at radius 2 is 1.59 bits per heavy atom. The van der Waals surface area contributed by atoms with Gasteiger partial charge in [0, 0.05) is 7.05 Å². The van der Waals surface area contributed by atoms with Crippen molar-refractivity contribution in [3.63, 3.8) is 0 Å². The summed E-state index contributed by atoms with van der Waals surface area (Å²) in [6, 6.07) is 21.5. The van der Waals surface area contributed by atoms with Gasteiger partial charge in [0.05, 0.1) is 21.2 Å². The zero-order chi connectivity index (χ0) is 20.6. The first-order chi connectivity index (χ1) is 13.8.